The van der Waals surface area contributed by atoms with Crippen molar-refractivity contribution in [2.24, 2.45) is 0 Å². The van der Waals surface area contributed by atoms with E-state index in [9.17, 15) is 0 Å². The normalized spacial score (nSPS) is 16.1. The van der Waals surface area contributed by atoms with Gasteiger partial charge in [-0.2, -0.15) is 0 Å². The lowest BCUT2D eigenvalue weighted by atomic mass is 10.00. The third-order valence-corrected chi connectivity index (χ3v) is 4.15. The monoisotopic (exact) mass is 255 g/mol. The molecule has 1 aliphatic carbocycles. The van der Waals surface area contributed by atoms with Gasteiger partial charge in [-0.1, -0.05) is 12.1 Å². The molecule has 3 heteroatoms. The lowest BCUT2D eigenvalue weighted by Crippen LogP contribution is -2.14. The van der Waals surface area contributed by atoms with Gasteiger partial charge in [0.15, 0.2) is 0 Å². The van der Waals surface area contributed by atoms with Gasteiger partial charge >= 0.3 is 0 Å². The molecule has 1 heterocycles. The van der Waals surface area contributed by atoms with E-state index in [2.05, 4.69) is 30.5 Å². The predicted molar refractivity (Wildman–Crippen MR) is 78.3 cm³/mol. The number of nitrogens with zero attached hydrogens (tertiary/aromatic N) is 2. The van der Waals surface area contributed by atoms with E-state index >= 15 is 0 Å². The topological polar surface area (TPSA) is 43.8 Å². The highest BCUT2D eigenvalue weighted by Crippen LogP contribution is 2.28. The summed E-state index contributed by atoms with van der Waals surface area (Å²) in [6, 6.07) is 8.52. The summed E-state index contributed by atoms with van der Waals surface area (Å²) in [5.41, 5.74) is 10.6. The summed E-state index contributed by atoms with van der Waals surface area (Å²) in [4.78, 5) is 4.75. The number of nitrogens with two attached hydrogens (primary N) is 1. The summed E-state index contributed by atoms with van der Waals surface area (Å²) >= 11 is 0. The van der Waals surface area contributed by atoms with E-state index in [4.69, 9.17) is 10.7 Å². The molecule has 2 aromatic rings. The zero-order valence-electron chi connectivity index (χ0n) is 11.7. The Hall–Kier alpha value is -1.77. The van der Waals surface area contributed by atoms with Crippen molar-refractivity contribution in [3.05, 3.63) is 47.0 Å². The van der Waals surface area contributed by atoms with Crippen molar-refractivity contribution in [2.45, 2.75) is 45.6 Å². The molecule has 0 saturated carbocycles. The minimum atomic E-state index is 0.329. The van der Waals surface area contributed by atoms with Gasteiger partial charge in [-0.15, -0.1) is 0 Å². The molecule has 0 spiro atoms. The molecule has 1 unspecified atom stereocenters. The summed E-state index contributed by atoms with van der Waals surface area (Å²) in [6.45, 7) is 4.36. The molecule has 3 nitrogen and oxygen atoms in total. The van der Waals surface area contributed by atoms with Gasteiger partial charge in [0.25, 0.3) is 0 Å². The number of rotatable bonds is 2. The summed E-state index contributed by atoms with van der Waals surface area (Å²) in [6.07, 6.45) is 4.86. The van der Waals surface area contributed by atoms with Crippen molar-refractivity contribution in [3.8, 4) is 0 Å². The molecule has 0 bridgehead atoms. The molecule has 0 aliphatic heterocycles. The van der Waals surface area contributed by atoms with Crippen LogP contribution in [-0.4, -0.2) is 9.55 Å². The second-order valence-electron chi connectivity index (χ2n) is 5.47. The first kappa shape index (κ1) is 12.3. The molecule has 1 aliphatic rings. The first-order valence-electron chi connectivity index (χ1n) is 7.09. The van der Waals surface area contributed by atoms with Gasteiger partial charge in [0.2, 0.25) is 0 Å². The molecular weight excluding hydrogens is 234 g/mol. The van der Waals surface area contributed by atoms with Gasteiger partial charge in [-0.05, 0) is 57.2 Å². The van der Waals surface area contributed by atoms with Crippen LogP contribution in [0.2, 0.25) is 0 Å². The lowest BCUT2D eigenvalue weighted by molar-refractivity contribution is 0.562. The van der Waals surface area contributed by atoms with E-state index in [1.807, 2.05) is 12.1 Å². The Bertz CT molecular complexity index is 581. The smallest absolute Gasteiger partial charge is 0.106 e. The van der Waals surface area contributed by atoms with Crippen LogP contribution in [0.1, 0.15) is 48.6 Å². The Balaban J connectivity index is 2.01. The van der Waals surface area contributed by atoms with Crippen molar-refractivity contribution < 1.29 is 0 Å². The quantitative estimate of drug-likeness (QED) is 0.837. The van der Waals surface area contributed by atoms with E-state index in [0.717, 1.165) is 24.4 Å². The highest BCUT2D eigenvalue weighted by molar-refractivity contribution is 5.40. The number of nitrogen functional groups attached to an aromatic ring is 1. The Morgan fingerprint density at radius 1 is 1.16 bits per heavy atom. The molecule has 1 atom stereocenters. The summed E-state index contributed by atoms with van der Waals surface area (Å²) in [7, 11) is 0. The van der Waals surface area contributed by atoms with Gasteiger partial charge in [0.1, 0.15) is 5.82 Å². The Morgan fingerprint density at radius 2 is 1.84 bits per heavy atom. The van der Waals surface area contributed by atoms with Crippen LogP contribution in [0.3, 0.4) is 0 Å². The van der Waals surface area contributed by atoms with Crippen LogP contribution in [0.15, 0.2) is 24.3 Å². The Morgan fingerprint density at radius 3 is 2.58 bits per heavy atom. The minimum absolute atomic E-state index is 0.329. The fraction of sp³-hybridized carbons (Fsp3) is 0.438. The Labute approximate surface area is 114 Å². The lowest BCUT2D eigenvalue weighted by Gasteiger charge is -2.21. The maximum absolute atomic E-state index is 5.77. The average Bonchev–Trinajstić information content (AvgIpc) is 2.74. The van der Waals surface area contributed by atoms with E-state index < -0.39 is 0 Å². The van der Waals surface area contributed by atoms with E-state index in [-0.39, 0.29) is 0 Å². The maximum Gasteiger partial charge on any atom is 0.106 e. The van der Waals surface area contributed by atoms with Crippen molar-refractivity contribution in [1.29, 1.82) is 0 Å². The first-order chi connectivity index (χ1) is 9.16. The molecule has 1 aromatic carbocycles. The van der Waals surface area contributed by atoms with Crippen LogP contribution >= 0.6 is 0 Å². The largest absolute Gasteiger partial charge is 0.399 e. The van der Waals surface area contributed by atoms with E-state index in [0.29, 0.717) is 6.04 Å². The van der Waals surface area contributed by atoms with Crippen LogP contribution in [0.25, 0.3) is 0 Å². The number of aryl methyl sites for hydroxylation is 2. The molecule has 3 rings (SSSR count). The Kier molecular flexibility index (Phi) is 3.05. The zero-order valence-corrected chi connectivity index (χ0v) is 11.7. The van der Waals surface area contributed by atoms with Crippen molar-refractivity contribution in [1.82, 2.24) is 9.55 Å². The van der Waals surface area contributed by atoms with Crippen LogP contribution in [0, 0.1) is 6.92 Å². The fourth-order valence-corrected chi connectivity index (χ4v) is 3.14. The number of hydrogen-bond acceptors (Lipinski definition) is 2. The molecule has 0 saturated heterocycles. The van der Waals surface area contributed by atoms with E-state index in [1.165, 1.54) is 29.8 Å². The number of benzene rings is 1. The fourth-order valence-electron chi connectivity index (χ4n) is 3.14. The second-order valence-corrected chi connectivity index (χ2v) is 5.47. The number of hydrogen-bond donors (Lipinski definition) is 1. The molecule has 19 heavy (non-hydrogen) atoms. The molecule has 100 valence electrons. The number of aromatic nitrogens is 2. The zero-order chi connectivity index (χ0) is 13.4. The van der Waals surface area contributed by atoms with Gasteiger partial charge in [-0.3, -0.25) is 0 Å². The number of anilines is 1. The summed E-state index contributed by atoms with van der Waals surface area (Å²) in [5.74, 6) is 1.14. The highest BCUT2D eigenvalue weighted by atomic mass is 15.1. The van der Waals surface area contributed by atoms with Gasteiger partial charge in [0, 0.05) is 11.4 Å². The third kappa shape index (κ3) is 2.14. The SMILES string of the molecule is Cc1nc2c(n1C(C)c1ccc(N)cc1)CCCC2. The van der Waals surface area contributed by atoms with Crippen LogP contribution < -0.4 is 5.73 Å². The second kappa shape index (κ2) is 4.72. The molecule has 2 N–H and O–H groups in total. The van der Waals surface area contributed by atoms with Gasteiger partial charge < -0.3 is 10.3 Å². The number of fused-ring (bicyclic) bond motifs is 1. The summed E-state index contributed by atoms with van der Waals surface area (Å²) in [5, 5.41) is 0. The van der Waals surface area contributed by atoms with E-state index in [1.54, 1.807) is 0 Å². The van der Waals surface area contributed by atoms with Crippen LogP contribution in [0.4, 0.5) is 5.69 Å². The van der Waals surface area contributed by atoms with Crippen molar-refractivity contribution in [2.75, 3.05) is 5.73 Å². The molecular formula is C16H21N3. The average molecular weight is 255 g/mol. The van der Waals surface area contributed by atoms with Crippen LogP contribution in [-0.2, 0) is 12.8 Å². The minimum Gasteiger partial charge on any atom is -0.399 e. The predicted octanol–water partition coefficient (Wildman–Crippen LogP) is 3.26. The molecule has 0 radical (unpaired) electrons. The number of imidazole rings is 1. The molecule has 0 fully saturated rings. The van der Waals surface area contributed by atoms with Crippen molar-refractivity contribution >= 4 is 5.69 Å². The maximum atomic E-state index is 5.77. The van der Waals surface area contributed by atoms with Crippen molar-refractivity contribution in [3.63, 3.8) is 0 Å². The van der Waals surface area contributed by atoms with Gasteiger partial charge in [-0.25, -0.2) is 4.98 Å². The highest BCUT2D eigenvalue weighted by Gasteiger charge is 2.21. The first-order valence-corrected chi connectivity index (χ1v) is 7.09. The molecule has 1 aromatic heterocycles. The standard InChI is InChI=1S/C16H21N3/c1-11(13-7-9-14(17)10-8-13)19-12(2)18-15-5-3-4-6-16(15)19/h7-11H,3-6,17H2,1-2H3. The molecule has 0 amide bonds. The van der Waals surface area contributed by atoms with Crippen LogP contribution in [0.5, 0.6) is 0 Å². The third-order valence-electron chi connectivity index (χ3n) is 4.15. The van der Waals surface area contributed by atoms with Gasteiger partial charge in [0.05, 0.1) is 11.7 Å². The summed E-state index contributed by atoms with van der Waals surface area (Å²) < 4.78 is 2.40.